The molecule has 2 aromatic carbocycles. The average Bonchev–Trinajstić information content (AvgIpc) is 3.16. The molecule has 0 fully saturated rings. The summed E-state index contributed by atoms with van der Waals surface area (Å²) in [5.41, 5.74) is 1.78. The van der Waals surface area contributed by atoms with E-state index < -0.39 is 0 Å². The fourth-order valence-corrected chi connectivity index (χ4v) is 3.54. The Hall–Kier alpha value is -2.80. The summed E-state index contributed by atoms with van der Waals surface area (Å²) in [6.07, 6.45) is 2.03. The van der Waals surface area contributed by atoms with E-state index in [1.807, 2.05) is 59.2 Å². The van der Waals surface area contributed by atoms with Gasteiger partial charge in [0.25, 0.3) is 0 Å². The fraction of sp³-hybridized carbons (Fsp3) is 0.286. The van der Waals surface area contributed by atoms with Gasteiger partial charge in [0.1, 0.15) is 5.75 Å². The van der Waals surface area contributed by atoms with E-state index in [9.17, 15) is 4.79 Å². The molecule has 3 aromatic rings. The highest BCUT2D eigenvalue weighted by molar-refractivity contribution is 7.99. The van der Waals surface area contributed by atoms with Crippen LogP contribution in [0.5, 0.6) is 5.75 Å². The highest BCUT2D eigenvalue weighted by Crippen LogP contribution is 2.33. The highest BCUT2D eigenvalue weighted by atomic mass is 32.2. The van der Waals surface area contributed by atoms with Crippen LogP contribution in [0.25, 0.3) is 17.1 Å². The maximum atomic E-state index is 12.1. The minimum Gasteiger partial charge on any atom is -0.496 e. The molecule has 146 valence electrons. The van der Waals surface area contributed by atoms with Gasteiger partial charge in [-0.3, -0.25) is 9.36 Å². The molecule has 0 spiro atoms. The van der Waals surface area contributed by atoms with E-state index in [-0.39, 0.29) is 5.91 Å². The minimum absolute atomic E-state index is 0.0000895. The number of benzene rings is 2. The Bertz CT molecular complexity index is 912. The van der Waals surface area contributed by atoms with E-state index in [2.05, 4.69) is 22.4 Å². The van der Waals surface area contributed by atoms with Crippen molar-refractivity contribution in [3.63, 3.8) is 0 Å². The smallest absolute Gasteiger partial charge is 0.230 e. The highest BCUT2D eigenvalue weighted by Gasteiger charge is 2.19. The largest absolute Gasteiger partial charge is 0.496 e. The predicted octanol–water partition coefficient (Wildman–Crippen LogP) is 3.95. The number of hydrogen-bond donors (Lipinski definition) is 1. The number of amides is 1. The van der Waals surface area contributed by atoms with Gasteiger partial charge in [0.05, 0.1) is 18.4 Å². The first-order valence-corrected chi connectivity index (χ1v) is 10.3. The van der Waals surface area contributed by atoms with Gasteiger partial charge in [-0.2, -0.15) is 0 Å². The summed E-state index contributed by atoms with van der Waals surface area (Å²) in [5.74, 6) is 1.69. The molecule has 1 aromatic heterocycles. The van der Waals surface area contributed by atoms with Gasteiger partial charge >= 0.3 is 0 Å². The molecule has 0 aliphatic heterocycles. The Labute approximate surface area is 169 Å². The van der Waals surface area contributed by atoms with Crippen molar-refractivity contribution in [1.29, 1.82) is 0 Å². The van der Waals surface area contributed by atoms with Crippen LogP contribution in [0, 0.1) is 0 Å². The predicted molar refractivity (Wildman–Crippen MR) is 112 cm³/mol. The van der Waals surface area contributed by atoms with E-state index in [0.29, 0.717) is 23.3 Å². The molecule has 0 saturated heterocycles. The maximum Gasteiger partial charge on any atom is 0.230 e. The molecular weight excluding hydrogens is 372 g/mol. The number of nitrogens with zero attached hydrogens (tertiary/aromatic N) is 3. The Morgan fingerprint density at radius 1 is 1.11 bits per heavy atom. The molecular formula is C21H24N4O2S. The Morgan fingerprint density at radius 3 is 2.61 bits per heavy atom. The third-order valence-corrected chi connectivity index (χ3v) is 5.11. The first-order valence-electron chi connectivity index (χ1n) is 9.28. The Morgan fingerprint density at radius 2 is 1.86 bits per heavy atom. The summed E-state index contributed by atoms with van der Waals surface area (Å²) >= 11 is 1.37. The van der Waals surface area contributed by atoms with Crippen LogP contribution in [-0.4, -0.2) is 40.1 Å². The Balaban J connectivity index is 1.91. The first-order chi connectivity index (χ1) is 13.7. The van der Waals surface area contributed by atoms with Crippen LogP contribution in [0.4, 0.5) is 0 Å². The van der Waals surface area contributed by atoms with Crippen molar-refractivity contribution in [2.24, 2.45) is 0 Å². The summed E-state index contributed by atoms with van der Waals surface area (Å²) in [5, 5.41) is 12.4. The number of nitrogens with one attached hydrogen (secondary N) is 1. The zero-order valence-electron chi connectivity index (χ0n) is 16.1. The zero-order valence-corrected chi connectivity index (χ0v) is 16.9. The van der Waals surface area contributed by atoms with Crippen LogP contribution in [-0.2, 0) is 4.79 Å². The lowest BCUT2D eigenvalue weighted by molar-refractivity contribution is -0.118. The summed E-state index contributed by atoms with van der Waals surface area (Å²) < 4.78 is 7.46. The molecule has 1 heterocycles. The number of rotatable bonds is 9. The summed E-state index contributed by atoms with van der Waals surface area (Å²) in [6.45, 7) is 2.80. The van der Waals surface area contributed by atoms with Crippen LogP contribution in [0.2, 0.25) is 0 Å². The lowest BCUT2D eigenvalue weighted by atomic mass is 10.2. The number of carbonyl (C=O) groups is 1. The molecule has 0 radical (unpaired) electrons. The van der Waals surface area contributed by atoms with Crippen molar-refractivity contribution in [3.8, 4) is 22.8 Å². The van der Waals surface area contributed by atoms with Crippen molar-refractivity contribution in [2.75, 3.05) is 19.4 Å². The molecule has 0 bridgehead atoms. The second kappa shape index (κ2) is 9.94. The van der Waals surface area contributed by atoms with Gasteiger partial charge in [-0.25, -0.2) is 0 Å². The van der Waals surface area contributed by atoms with Gasteiger partial charge in [0.2, 0.25) is 5.91 Å². The average molecular weight is 397 g/mol. The third kappa shape index (κ3) is 4.72. The summed E-state index contributed by atoms with van der Waals surface area (Å²) in [6, 6.07) is 17.6. The van der Waals surface area contributed by atoms with Crippen molar-refractivity contribution in [2.45, 2.75) is 24.9 Å². The van der Waals surface area contributed by atoms with Gasteiger partial charge in [0, 0.05) is 12.2 Å². The number of methoxy groups -OCH3 is 1. The van der Waals surface area contributed by atoms with Gasteiger partial charge < -0.3 is 10.1 Å². The van der Waals surface area contributed by atoms with E-state index in [4.69, 9.17) is 4.74 Å². The SMILES string of the molecule is CCCCNC(=O)CSc1nnc(-c2ccccc2OC)n1-c1ccccc1. The molecule has 0 aliphatic carbocycles. The number of ether oxygens (including phenoxy) is 1. The molecule has 0 aliphatic rings. The van der Waals surface area contributed by atoms with E-state index in [1.165, 1.54) is 11.8 Å². The third-order valence-electron chi connectivity index (χ3n) is 4.18. The topological polar surface area (TPSA) is 69.0 Å². The molecule has 6 nitrogen and oxygen atoms in total. The normalized spacial score (nSPS) is 10.6. The van der Waals surface area contributed by atoms with Crippen molar-refractivity contribution >= 4 is 17.7 Å². The van der Waals surface area contributed by atoms with Crippen molar-refractivity contribution in [1.82, 2.24) is 20.1 Å². The van der Waals surface area contributed by atoms with Gasteiger partial charge in [-0.05, 0) is 30.7 Å². The van der Waals surface area contributed by atoms with Gasteiger partial charge in [-0.15, -0.1) is 10.2 Å². The molecule has 7 heteroatoms. The maximum absolute atomic E-state index is 12.1. The van der Waals surface area contributed by atoms with E-state index >= 15 is 0 Å². The lowest BCUT2D eigenvalue weighted by Crippen LogP contribution is -2.26. The zero-order chi connectivity index (χ0) is 19.8. The lowest BCUT2D eigenvalue weighted by Gasteiger charge is -2.12. The molecule has 0 atom stereocenters. The van der Waals surface area contributed by atoms with E-state index in [1.54, 1.807) is 7.11 Å². The number of unbranched alkanes of at least 4 members (excludes halogenated alkanes) is 1. The molecule has 0 unspecified atom stereocenters. The van der Waals surface area contributed by atoms with Crippen LogP contribution < -0.4 is 10.1 Å². The second-order valence-electron chi connectivity index (χ2n) is 6.17. The number of para-hydroxylation sites is 2. The Kier molecular flexibility index (Phi) is 7.08. The quantitative estimate of drug-likeness (QED) is 0.438. The van der Waals surface area contributed by atoms with Crippen LogP contribution in [0.1, 0.15) is 19.8 Å². The standard InChI is InChI=1S/C21H24N4O2S/c1-3-4-14-22-19(26)15-28-21-24-23-20(17-12-8-9-13-18(17)27-2)25(21)16-10-6-5-7-11-16/h5-13H,3-4,14-15H2,1-2H3,(H,22,26). The van der Waals surface area contributed by atoms with Crippen LogP contribution in [0.15, 0.2) is 59.8 Å². The second-order valence-corrected chi connectivity index (χ2v) is 7.11. The van der Waals surface area contributed by atoms with Crippen molar-refractivity contribution in [3.05, 3.63) is 54.6 Å². The number of hydrogen-bond acceptors (Lipinski definition) is 5. The van der Waals surface area contributed by atoms with E-state index in [0.717, 1.165) is 29.8 Å². The number of thioether (sulfide) groups is 1. The van der Waals surface area contributed by atoms with Gasteiger partial charge in [0.15, 0.2) is 11.0 Å². The molecule has 1 N–H and O–H groups in total. The molecule has 28 heavy (non-hydrogen) atoms. The fourth-order valence-electron chi connectivity index (χ4n) is 2.76. The molecule has 3 rings (SSSR count). The monoisotopic (exact) mass is 396 g/mol. The van der Waals surface area contributed by atoms with Crippen LogP contribution in [0.3, 0.4) is 0 Å². The summed E-state index contributed by atoms with van der Waals surface area (Å²) in [4.78, 5) is 12.1. The molecule has 1 amide bonds. The number of carbonyl (C=O) groups excluding carboxylic acids is 1. The summed E-state index contributed by atoms with van der Waals surface area (Å²) in [7, 11) is 1.64. The number of aromatic nitrogens is 3. The van der Waals surface area contributed by atoms with Crippen molar-refractivity contribution < 1.29 is 9.53 Å². The van der Waals surface area contributed by atoms with Crippen LogP contribution >= 0.6 is 11.8 Å². The first kappa shape index (κ1) is 19.9. The molecule has 0 saturated carbocycles. The van der Waals surface area contributed by atoms with Gasteiger partial charge in [-0.1, -0.05) is 55.4 Å². The minimum atomic E-state index is -0.0000895.